The summed E-state index contributed by atoms with van der Waals surface area (Å²) in [6.45, 7) is 0. The van der Waals surface area contributed by atoms with Crippen molar-refractivity contribution in [2.75, 3.05) is 21.3 Å². The Morgan fingerprint density at radius 1 is 0.815 bits per heavy atom. The Hall–Kier alpha value is -3.61. The lowest BCUT2D eigenvalue weighted by atomic mass is 10.2. The van der Waals surface area contributed by atoms with E-state index in [0.717, 1.165) is 17.0 Å². The molecule has 1 heterocycles. The summed E-state index contributed by atoms with van der Waals surface area (Å²) in [5, 5.41) is 0. The van der Waals surface area contributed by atoms with Gasteiger partial charge in [-0.25, -0.2) is 0 Å². The fourth-order valence-electron chi connectivity index (χ4n) is 2.25. The molecule has 0 aliphatic carbocycles. The standard InChI is InChI=1S/C20H19N3O4/c1-24-16-9-6-8-15(11-16)21-13-14-7-4-5-10-17(14)27-20-22-18(25-2)12-19(23-20)26-3/h4-13H,1-3H3. The molecule has 3 rings (SSSR count). The van der Waals surface area contributed by atoms with Crippen LogP contribution in [0.25, 0.3) is 0 Å². The third-order valence-electron chi connectivity index (χ3n) is 3.60. The number of nitrogens with zero attached hydrogens (tertiary/aromatic N) is 3. The van der Waals surface area contributed by atoms with E-state index in [-0.39, 0.29) is 6.01 Å². The highest BCUT2D eigenvalue weighted by Gasteiger charge is 2.09. The van der Waals surface area contributed by atoms with Gasteiger partial charge in [-0.15, -0.1) is 0 Å². The minimum Gasteiger partial charge on any atom is -0.497 e. The number of benzene rings is 2. The molecule has 0 N–H and O–H groups in total. The molecule has 0 atom stereocenters. The Morgan fingerprint density at radius 3 is 2.26 bits per heavy atom. The molecule has 0 saturated heterocycles. The van der Waals surface area contributed by atoms with Crippen LogP contribution in [0.1, 0.15) is 5.56 Å². The second kappa shape index (κ2) is 8.66. The summed E-state index contributed by atoms with van der Waals surface area (Å²) in [6.07, 6.45) is 1.71. The largest absolute Gasteiger partial charge is 0.497 e. The first-order chi connectivity index (χ1) is 13.2. The first kappa shape index (κ1) is 18.2. The summed E-state index contributed by atoms with van der Waals surface area (Å²) in [5.74, 6) is 1.99. The molecule has 0 aliphatic heterocycles. The molecule has 0 aliphatic rings. The Labute approximate surface area is 157 Å². The second-order valence-corrected chi connectivity index (χ2v) is 5.33. The van der Waals surface area contributed by atoms with Gasteiger partial charge in [0.05, 0.1) is 33.1 Å². The molecular formula is C20H19N3O4. The predicted octanol–water partition coefficient (Wildman–Crippen LogP) is 4.05. The Kier molecular flexibility index (Phi) is 5.84. The first-order valence-electron chi connectivity index (χ1n) is 8.14. The Bertz CT molecular complexity index is 922. The van der Waals surface area contributed by atoms with Crippen molar-refractivity contribution >= 4 is 11.9 Å². The molecule has 0 radical (unpaired) electrons. The molecule has 7 heteroatoms. The van der Waals surface area contributed by atoms with Crippen LogP contribution in [0.5, 0.6) is 29.3 Å². The van der Waals surface area contributed by atoms with Gasteiger partial charge in [-0.05, 0) is 24.3 Å². The van der Waals surface area contributed by atoms with Crippen LogP contribution in [0, 0.1) is 0 Å². The van der Waals surface area contributed by atoms with Crippen LogP contribution in [-0.4, -0.2) is 37.5 Å². The highest BCUT2D eigenvalue weighted by Crippen LogP contribution is 2.26. The maximum Gasteiger partial charge on any atom is 0.328 e. The smallest absolute Gasteiger partial charge is 0.328 e. The fourth-order valence-corrected chi connectivity index (χ4v) is 2.25. The van der Waals surface area contributed by atoms with Crippen LogP contribution >= 0.6 is 0 Å². The predicted molar refractivity (Wildman–Crippen MR) is 102 cm³/mol. The Balaban J connectivity index is 1.87. The molecule has 0 spiro atoms. The van der Waals surface area contributed by atoms with Crippen molar-refractivity contribution < 1.29 is 18.9 Å². The van der Waals surface area contributed by atoms with E-state index in [1.807, 2.05) is 48.5 Å². The van der Waals surface area contributed by atoms with Gasteiger partial charge in [0.1, 0.15) is 11.5 Å². The molecular weight excluding hydrogens is 346 g/mol. The summed E-state index contributed by atoms with van der Waals surface area (Å²) in [4.78, 5) is 12.8. The number of aromatic nitrogens is 2. The van der Waals surface area contributed by atoms with E-state index in [9.17, 15) is 0 Å². The van der Waals surface area contributed by atoms with Crippen molar-refractivity contribution in [1.29, 1.82) is 0 Å². The summed E-state index contributed by atoms with van der Waals surface area (Å²) in [5.41, 5.74) is 1.54. The van der Waals surface area contributed by atoms with Crippen LogP contribution < -0.4 is 18.9 Å². The average Bonchev–Trinajstić information content (AvgIpc) is 2.73. The highest BCUT2D eigenvalue weighted by atomic mass is 16.5. The highest BCUT2D eigenvalue weighted by molar-refractivity contribution is 5.85. The summed E-state index contributed by atoms with van der Waals surface area (Å²) in [6, 6.07) is 16.6. The molecule has 0 bridgehead atoms. The van der Waals surface area contributed by atoms with Crippen LogP contribution in [0.15, 0.2) is 59.6 Å². The van der Waals surface area contributed by atoms with Crippen molar-refractivity contribution in [3.8, 4) is 29.3 Å². The van der Waals surface area contributed by atoms with Crippen LogP contribution in [0.2, 0.25) is 0 Å². The number of para-hydroxylation sites is 1. The molecule has 0 fully saturated rings. The number of aliphatic imine (C=N–C) groups is 1. The molecule has 0 amide bonds. The van der Waals surface area contributed by atoms with E-state index < -0.39 is 0 Å². The zero-order valence-corrected chi connectivity index (χ0v) is 15.2. The van der Waals surface area contributed by atoms with Gasteiger partial charge in [0.2, 0.25) is 11.8 Å². The molecule has 7 nitrogen and oxygen atoms in total. The van der Waals surface area contributed by atoms with E-state index in [4.69, 9.17) is 18.9 Å². The molecule has 2 aromatic carbocycles. The third kappa shape index (κ3) is 4.72. The minimum absolute atomic E-state index is 0.119. The second-order valence-electron chi connectivity index (χ2n) is 5.33. The summed E-state index contributed by atoms with van der Waals surface area (Å²) < 4.78 is 21.3. The van der Waals surface area contributed by atoms with Crippen molar-refractivity contribution in [2.24, 2.45) is 4.99 Å². The lowest BCUT2D eigenvalue weighted by molar-refractivity contribution is 0.348. The quantitative estimate of drug-likeness (QED) is 0.588. The van der Waals surface area contributed by atoms with Crippen molar-refractivity contribution in [1.82, 2.24) is 9.97 Å². The normalized spacial score (nSPS) is 10.6. The fraction of sp³-hybridized carbons (Fsp3) is 0.150. The molecule has 0 unspecified atom stereocenters. The van der Waals surface area contributed by atoms with Gasteiger partial charge in [-0.3, -0.25) is 4.99 Å². The number of methoxy groups -OCH3 is 3. The van der Waals surface area contributed by atoms with Crippen molar-refractivity contribution in [3.63, 3.8) is 0 Å². The van der Waals surface area contributed by atoms with E-state index in [1.165, 1.54) is 14.2 Å². The molecule has 0 saturated carbocycles. The van der Waals surface area contributed by atoms with Gasteiger partial charge in [0.15, 0.2) is 0 Å². The minimum atomic E-state index is 0.119. The van der Waals surface area contributed by atoms with Gasteiger partial charge in [-0.2, -0.15) is 9.97 Å². The van der Waals surface area contributed by atoms with Crippen molar-refractivity contribution in [3.05, 3.63) is 60.2 Å². The van der Waals surface area contributed by atoms with E-state index in [1.54, 1.807) is 19.4 Å². The molecule has 1 aromatic heterocycles. The zero-order chi connectivity index (χ0) is 19.1. The third-order valence-corrected chi connectivity index (χ3v) is 3.60. The lowest BCUT2D eigenvalue weighted by Crippen LogP contribution is -1.99. The van der Waals surface area contributed by atoms with Gasteiger partial charge in [-0.1, -0.05) is 18.2 Å². The van der Waals surface area contributed by atoms with E-state index in [0.29, 0.717) is 17.5 Å². The van der Waals surface area contributed by atoms with E-state index in [2.05, 4.69) is 15.0 Å². The number of hydrogen-bond donors (Lipinski definition) is 0. The maximum absolute atomic E-state index is 5.83. The van der Waals surface area contributed by atoms with Crippen molar-refractivity contribution in [2.45, 2.75) is 0 Å². The van der Waals surface area contributed by atoms with E-state index >= 15 is 0 Å². The molecule has 138 valence electrons. The SMILES string of the molecule is COc1cccc(N=Cc2ccccc2Oc2nc(OC)cc(OC)n2)c1. The van der Waals surface area contributed by atoms with Crippen LogP contribution in [-0.2, 0) is 0 Å². The lowest BCUT2D eigenvalue weighted by Gasteiger charge is -2.09. The maximum atomic E-state index is 5.83. The first-order valence-corrected chi connectivity index (χ1v) is 8.14. The van der Waals surface area contributed by atoms with Crippen LogP contribution in [0.4, 0.5) is 5.69 Å². The summed E-state index contributed by atoms with van der Waals surface area (Å²) >= 11 is 0. The average molecular weight is 365 g/mol. The number of ether oxygens (including phenoxy) is 4. The summed E-state index contributed by atoms with van der Waals surface area (Å²) in [7, 11) is 4.65. The van der Waals surface area contributed by atoms with Gasteiger partial charge in [0, 0.05) is 17.8 Å². The van der Waals surface area contributed by atoms with Gasteiger partial charge >= 0.3 is 6.01 Å². The number of rotatable bonds is 7. The molecule has 27 heavy (non-hydrogen) atoms. The Morgan fingerprint density at radius 2 is 1.56 bits per heavy atom. The van der Waals surface area contributed by atoms with Crippen LogP contribution in [0.3, 0.4) is 0 Å². The van der Waals surface area contributed by atoms with Gasteiger partial charge in [0.25, 0.3) is 0 Å². The zero-order valence-electron chi connectivity index (χ0n) is 15.2. The number of hydrogen-bond acceptors (Lipinski definition) is 7. The van der Waals surface area contributed by atoms with Gasteiger partial charge < -0.3 is 18.9 Å². The monoisotopic (exact) mass is 365 g/mol. The topological polar surface area (TPSA) is 75.1 Å². The molecule has 3 aromatic rings.